The summed E-state index contributed by atoms with van der Waals surface area (Å²) in [5.41, 5.74) is 3.17. The van der Waals surface area contributed by atoms with Gasteiger partial charge >= 0.3 is 0 Å². The van der Waals surface area contributed by atoms with E-state index in [1.807, 2.05) is 6.07 Å². The maximum Gasteiger partial charge on any atom is 0.115 e. The molecule has 62 valence electrons. The molecule has 0 spiro atoms. The average molecular weight is 161 g/mol. The standard InChI is InChI=1S/C10H11NO/c11-9-3-1-7-2-4-10(12)6-8(7)5-9/h2,4,6,11-12H,1,3,5H2. The molecule has 0 saturated heterocycles. The van der Waals surface area contributed by atoms with E-state index in [0.717, 1.165) is 24.1 Å². The first-order valence-corrected chi connectivity index (χ1v) is 4.13. The van der Waals surface area contributed by atoms with Gasteiger partial charge in [0.1, 0.15) is 5.75 Å². The van der Waals surface area contributed by atoms with Crippen molar-refractivity contribution < 1.29 is 5.11 Å². The van der Waals surface area contributed by atoms with Gasteiger partial charge in [-0.2, -0.15) is 0 Å². The fourth-order valence-corrected chi connectivity index (χ4v) is 1.62. The third kappa shape index (κ3) is 1.20. The smallest absolute Gasteiger partial charge is 0.115 e. The Balaban J connectivity index is 2.44. The molecule has 0 radical (unpaired) electrons. The summed E-state index contributed by atoms with van der Waals surface area (Å²) >= 11 is 0. The van der Waals surface area contributed by atoms with E-state index in [0.29, 0.717) is 12.2 Å². The largest absolute Gasteiger partial charge is 0.508 e. The molecule has 2 nitrogen and oxygen atoms in total. The van der Waals surface area contributed by atoms with Gasteiger partial charge in [0.05, 0.1) is 0 Å². The molecule has 1 aromatic carbocycles. The highest BCUT2D eigenvalue weighted by atomic mass is 16.3. The summed E-state index contributed by atoms with van der Waals surface area (Å²) < 4.78 is 0. The highest BCUT2D eigenvalue weighted by Gasteiger charge is 2.12. The molecule has 0 aromatic heterocycles. The number of rotatable bonds is 0. The van der Waals surface area contributed by atoms with Crippen LogP contribution in [0.3, 0.4) is 0 Å². The van der Waals surface area contributed by atoms with Crippen LogP contribution >= 0.6 is 0 Å². The van der Waals surface area contributed by atoms with Gasteiger partial charge in [-0.15, -0.1) is 0 Å². The van der Waals surface area contributed by atoms with Crippen molar-refractivity contribution in [1.82, 2.24) is 0 Å². The average Bonchev–Trinajstić information content (AvgIpc) is 2.03. The van der Waals surface area contributed by atoms with Gasteiger partial charge in [-0.1, -0.05) is 6.07 Å². The Morgan fingerprint density at radius 1 is 1.17 bits per heavy atom. The fraction of sp³-hybridized carbons (Fsp3) is 0.300. The van der Waals surface area contributed by atoms with Gasteiger partial charge in [0.2, 0.25) is 0 Å². The van der Waals surface area contributed by atoms with Crippen molar-refractivity contribution in [2.45, 2.75) is 19.3 Å². The Morgan fingerprint density at radius 2 is 2.00 bits per heavy atom. The van der Waals surface area contributed by atoms with Gasteiger partial charge in [0.15, 0.2) is 0 Å². The molecule has 1 aliphatic carbocycles. The maximum atomic E-state index is 9.20. The Hall–Kier alpha value is -1.31. The number of fused-ring (bicyclic) bond motifs is 1. The van der Waals surface area contributed by atoms with Gasteiger partial charge in [-0.25, -0.2) is 0 Å². The molecule has 0 saturated carbocycles. The van der Waals surface area contributed by atoms with Crippen LogP contribution in [0.1, 0.15) is 17.5 Å². The van der Waals surface area contributed by atoms with Crippen LogP contribution < -0.4 is 0 Å². The van der Waals surface area contributed by atoms with Crippen molar-refractivity contribution in [3.8, 4) is 5.75 Å². The molecule has 0 atom stereocenters. The Morgan fingerprint density at radius 3 is 2.83 bits per heavy atom. The molecule has 2 N–H and O–H groups in total. The second-order valence-corrected chi connectivity index (χ2v) is 3.23. The number of hydrogen-bond donors (Lipinski definition) is 2. The lowest BCUT2D eigenvalue weighted by Gasteiger charge is -2.16. The fourth-order valence-electron chi connectivity index (χ4n) is 1.62. The van der Waals surface area contributed by atoms with Crippen LogP contribution in [0.4, 0.5) is 0 Å². The third-order valence-electron chi connectivity index (χ3n) is 2.29. The molecule has 1 aromatic rings. The number of aryl methyl sites for hydroxylation is 1. The van der Waals surface area contributed by atoms with Crippen LogP contribution in [0.25, 0.3) is 0 Å². The van der Waals surface area contributed by atoms with E-state index in [2.05, 4.69) is 0 Å². The summed E-state index contributed by atoms with van der Waals surface area (Å²) in [6, 6.07) is 5.44. The minimum absolute atomic E-state index is 0.309. The molecule has 0 heterocycles. The normalized spacial score (nSPS) is 15.8. The topological polar surface area (TPSA) is 44.1 Å². The number of phenols is 1. The van der Waals surface area contributed by atoms with Crippen LogP contribution in [0.2, 0.25) is 0 Å². The zero-order valence-corrected chi connectivity index (χ0v) is 6.80. The number of nitrogens with one attached hydrogen (secondary N) is 1. The number of phenolic OH excluding ortho intramolecular Hbond substituents is 1. The molecule has 12 heavy (non-hydrogen) atoms. The lowest BCUT2D eigenvalue weighted by molar-refractivity contribution is 0.474. The number of benzene rings is 1. The minimum Gasteiger partial charge on any atom is -0.508 e. The molecule has 2 rings (SSSR count). The first kappa shape index (κ1) is 7.35. The molecule has 1 aliphatic rings. The predicted octanol–water partition coefficient (Wildman–Crippen LogP) is 1.90. The summed E-state index contributed by atoms with van der Waals surface area (Å²) in [4.78, 5) is 0. The Labute approximate surface area is 71.4 Å². The van der Waals surface area contributed by atoms with Gasteiger partial charge in [0, 0.05) is 12.1 Å². The van der Waals surface area contributed by atoms with Crippen molar-refractivity contribution in [3.05, 3.63) is 29.3 Å². The van der Waals surface area contributed by atoms with Gasteiger partial charge in [0.25, 0.3) is 0 Å². The predicted molar refractivity (Wildman–Crippen MR) is 47.9 cm³/mol. The van der Waals surface area contributed by atoms with Crippen molar-refractivity contribution in [1.29, 1.82) is 5.41 Å². The molecule has 0 aliphatic heterocycles. The van der Waals surface area contributed by atoms with Crippen LogP contribution in [-0.4, -0.2) is 10.8 Å². The zero-order chi connectivity index (χ0) is 8.55. The highest BCUT2D eigenvalue weighted by Crippen LogP contribution is 2.22. The van der Waals surface area contributed by atoms with E-state index in [1.54, 1.807) is 12.1 Å². The molecular formula is C10H11NO. The monoisotopic (exact) mass is 161 g/mol. The minimum atomic E-state index is 0.309. The molecule has 2 heteroatoms. The lowest BCUT2D eigenvalue weighted by Crippen LogP contribution is -2.11. The first-order valence-electron chi connectivity index (χ1n) is 4.13. The van der Waals surface area contributed by atoms with Gasteiger partial charge < -0.3 is 10.5 Å². The Kier molecular flexibility index (Phi) is 1.61. The zero-order valence-electron chi connectivity index (χ0n) is 6.80. The van der Waals surface area contributed by atoms with Crippen LogP contribution in [-0.2, 0) is 12.8 Å². The van der Waals surface area contributed by atoms with Gasteiger partial charge in [-0.3, -0.25) is 0 Å². The second kappa shape index (κ2) is 2.63. The lowest BCUT2D eigenvalue weighted by atomic mass is 9.90. The van der Waals surface area contributed by atoms with E-state index >= 15 is 0 Å². The first-order chi connectivity index (χ1) is 5.75. The third-order valence-corrected chi connectivity index (χ3v) is 2.29. The van der Waals surface area contributed by atoms with Crippen molar-refractivity contribution >= 4 is 5.71 Å². The summed E-state index contributed by atoms with van der Waals surface area (Å²) in [5, 5.41) is 16.7. The molecule has 0 amide bonds. The SMILES string of the molecule is N=C1CCc2ccc(O)cc2C1. The summed E-state index contributed by atoms with van der Waals surface area (Å²) in [7, 11) is 0. The summed E-state index contributed by atoms with van der Waals surface area (Å²) in [6.07, 6.45) is 2.54. The molecule has 0 bridgehead atoms. The molecule has 0 fully saturated rings. The van der Waals surface area contributed by atoms with E-state index in [4.69, 9.17) is 5.41 Å². The summed E-state index contributed by atoms with van der Waals surface area (Å²) in [6.45, 7) is 0. The number of hydrogen-bond acceptors (Lipinski definition) is 2. The van der Waals surface area contributed by atoms with Crippen molar-refractivity contribution in [2.75, 3.05) is 0 Å². The van der Waals surface area contributed by atoms with Crippen LogP contribution in [0.5, 0.6) is 5.75 Å². The van der Waals surface area contributed by atoms with Crippen LogP contribution in [0.15, 0.2) is 18.2 Å². The second-order valence-electron chi connectivity index (χ2n) is 3.23. The highest BCUT2D eigenvalue weighted by molar-refractivity contribution is 5.85. The van der Waals surface area contributed by atoms with Gasteiger partial charge in [-0.05, 0) is 36.1 Å². The quantitative estimate of drug-likeness (QED) is 0.599. The number of aromatic hydroxyl groups is 1. The van der Waals surface area contributed by atoms with E-state index in [-0.39, 0.29) is 0 Å². The van der Waals surface area contributed by atoms with E-state index < -0.39 is 0 Å². The Bertz CT molecular complexity index is 331. The molecule has 0 unspecified atom stereocenters. The molecular weight excluding hydrogens is 150 g/mol. The van der Waals surface area contributed by atoms with E-state index in [1.165, 1.54) is 5.56 Å². The summed E-state index contributed by atoms with van der Waals surface area (Å²) in [5.74, 6) is 0.309. The van der Waals surface area contributed by atoms with Crippen molar-refractivity contribution in [3.63, 3.8) is 0 Å². The maximum absolute atomic E-state index is 9.20. The van der Waals surface area contributed by atoms with E-state index in [9.17, 15) is 5.11 Å². The van der Waals surface area contributed by atoms with Crippen LogP contribution in [0, 0.1) is 5.41 Å². The van der Waals surface area contributed by atoms with Crippen molar-refractivity contribution in [2.24, 2.45) is 0 Å².